The Kier molecular flexibility index (Phi) is 2.79. The van der Waals surface area contributed by atoms with Gasteiger partial charge in [-0.25, -0.2) is 4.39 Å². The van der Waals surface area contributed by atoms with Crippen LogP contribution in [0.2, 0.25) is 0 Å². The van der Waals surface area contributed by atoms with Gasteiger partial charge in [0.1, 0.15) is 17.7 Å². The van der Waals surface area contributed by atoms with Crippen molar-refractivity contribution in [2.75, 3.05) is 0 Å². The van der Waals surface area contributed by atoms with E-state index < -0.39 is 0 Å². The zero-order valence-electron chi connectivity index (χ0n) is 9.86. The maximum absolute atomic E-state index is 13.1. The van der Waals surface area contributed by atoms with Crippen molar-refractivity contribution in [3.05, 3.63) is 29.6 Å². The van der Waals surface area contributed by atoms with E-state index in [0.717, 1.165) is 37.0 Å². The zero-order valence-corrected chi connectivity index (χ0v) is 9.86. The number of fused-ring (bicyclic) bond motifs is 1. The minimum absolute atomic E-state index is 0.170. The molecular formula is C14H18FNO. The first-order chi connectivity index (χ1) is 8.20. The summed E-state index contributed by atoms with van der Waals surface area (Å²) in [5, 5.41) is 0. The summed E-state index contributed by atoms with van der Waals surface area (Å²) in [6.07, 6.45) is 5.60. The second-order valence-corrected chi connectivity index (χ2v) is 5.37. The van der Waals surface area contributed by atoms with E-state index in [1.165, 1.54) is 12.5 Å². The van der Waals surface area contributed by atoms with Gasteiger partial charge in [-0.1, -0.05) is 0 Å². The molecule has 0 spiro atoms. The fraction of sp³-hybridized carbons (Fsp3) is 0.571. The van der Waals surface area contributed by atoms with Crippen LogP contribution in [0, 0.1) is 11.7 Å². The molecule has 1 saturated carbocycles. The van der Waals surface area contributed by atoms with Gasteiger partial charge in [-0.3, -0.25) is 0 Å². The highest BCUT2D eigenvalue weighted by molar-refractivity contribution is 5.37. The van der Waals surface area contributed by atoms with Crippen molar-refractivity contribution in [3.8, 4) is 5.75 Å². The molecule has 92 valence electrons. The standard InChI is InChI=1S/C14H18FNO/c15-11-2-4-14-10(7-11)8-13(17-14)6-9-1-3-12(16)5-9/h2,4,7,9,12-13H,1,3,5-6,8,16H2. The molecule has 1 heterocycles. The first-order valence-electron chi connectivity index (χ1n) is 6.41. The lowest BCUT2D eigenvalue weighted by Gasteiger charge is -2.15. The molecule has 1 aromatic rings. The lowest BCUT2D eigenvalue weighted by molar-refractivity contribution is 0.194. The highest BCUT2D eigenvalue weighted by Gasteiger charge is 2.29. The third kappa shape index (κ3) is 2.29. The van der Waals surface area contributed by atoms with Gasteiger partial charge in [-0.15, -0.1) is 0 Å². The van der Waals surface area contributed by atoms with Gasteiger partial charge in [0.15, 0.2) is 0 Å². The molecule has 2 nitrogen and oxygen atoms in total. The number of hydrogen-bond acceptors (Lipinski definition) is 2. The second kappa shape index (κ2) is 4.30. The molecule has 3 heteroatoms. The number of ether oxygens (including phenoxy) is 1. The van der Waals surface area contributed by atoms with Crippen LogP contribution in [-0.2, 0) is 6.42 Å². The van der Waals surface area contributed by atoms with E-state index in [-0.39, 0.29) is 11.9 Å². The van der Waals surface area contributed by atoms with E-state index in [0.29, 0.717) is 12.0 Å². The summed E-state index contributed by atoms with van der Waals surface area (Å²) in [5.41, 5.74) is 6.92. The summed E-state index contributed by atoms with van der Waals surface area (Å²) in [4.78, 5) is 0. The summed E-state index contributed by atoms with van der Waals surface area (Å²) in [6, 6.07) is 5.18. The first-order valence-corrected chi connectivity index (χ1v) is 6.41. The second-order valence-electron chi connectivity index (χ2n) is 5.37. The van der Waals surface area contributed by atoms with Crippen LogP contribution in [0.4, 0.5) is 4.39 Å². The maximum atomic E-state index is 13.1. The molecule has 2 N–H and O–H groups in total. The predicted octanol–water partition coefficient (Wildman–Crippen LogP) is 2.65. The van der Waals surface area contributed by atoms with Gasteiger partial charge in [-0.05, 0) is 49.8 Å². The fourth-order valence-electron chi connectivity index (χ4n) is 3.12. The number of benzene rings is 1. The minimum atomic E-state index is -0.170. The molecule has 0 saturated heterocycles. The van der Waals surface area contributed by atoms with Crippen molar-refractivity contribution in [2.45, 2.75) is 44.2 Å². The molecule has 0 aromatic heterocycles. The van der Waals surface area contributed by atoms with Crippen LogP contribution < -0.4 is 10.5 Å². The summed E-state index contributed by atoms with van der Waals surface area (Å²) < 4.78 is 18.9. The largest absolute Gasteiger partial charge is 0.490 e. The van der Waals surface area contributed by atoms with Crippen LogP contribution in [0.1, 0.15) is 31.2 Å². The van der Waals surface area contributed by atoms with Crippen LogP contribution in [0.15, 0.2) is 18.2 Å². The van der Waals surface area contributed by atoms with Gasteiger partial charge in [0.2, 0.25) is 0 Å². The summed E-state index contributed by atoms with van der Waals surface area (Å²) in [7, 11) is 0. The molecule has 0 amide bonds. The Morgan fingerprint density at radius 1 is 1.35 bits per heavy atom. The van der Waals surface area contributed by atoms with E-state index in [2.05, 4.69) is 0 Å². The molecule has 3 unspecified atom stereocenters. The Bertz CT molecular complexity index is 421. The van der Waals surface area contributed by atoms with Crippen molar-refractivity contribution >= 4 is 0 Å². The van der Waals surface area contributed by atoms with Crippen LogP contribution in [0.3, 0.4) is 0 Å². The molecule has 3 rings (SSSR count). The minimum Gasteiger partial charge on any atom is -0.490 e. The van der Waals surface area contributed by atoms with Gasteiger partial charge in [0.25, 0.3) is 0 Å². The number of hydrogen-bond donors (Lipinski definition) is 1. The fourth-order valence-corrected chi connectivity index (χ4v) is 3.12. The molecule has 1 fully saturated rings. The molecule has 0 radical (unpaired) electrons. The molecule has 1 aliphatic carbocycles. The topological polar surface area (TPSA) is 35.2 Å². The van der Waals surface area contributed by atoms with Crippen LogP contribution in [0.5, 0.6) is 5.75 Å². The van der Waals surface area contributed by atoms with Gasteiger partial charge in [-0.2, -0.15) is 0 Å². The van der Waals surface area contributed by atoms with Crippen LogP contribution in [0.25, 0.3) is 0 Å². The highest BCUT2D eigenvalue weighted by atomic mass is 19.1. The van der Waals surface area contributed by atoms with Crippen molar-refractivity contribution in [1.29, 1.82) is 0 Å². The molecular weight excluding hydrogens is 217 g/mol. The van der Waals surface area contributed by atoms with Gasteiger partial charge >= 0.3 is 0 Å². The monoisotopic (exact) mass is 235 g/mol. The summed E-state index contributed by atoms with van der Waals surface area (Å²) >= 11 is 0. The average Bonchev–Trinajstić information content (AvgIpc) is 2.84. The van der Waals surface area contributed by atoms with E-state index in [4.69, 9.17) is 10.5 Å². The predicted molar refractivity (Wildman–Crippen MR) is 64.5 cm³/mol. The summed E-state index contributed by atoms with van der Waals surface area (Å²) in [5.74, 6) is 1.38. The number of halogens is 1. The van der Waals surface area contributed by atoms with Crippen LogP contribution in [-0.4, -0.2) is 12.1 Å². The van der Waals surface area contributed by atoms with E-state index in [1.54, 1.807) is 12.1 Å². The quantitative estimate of drug-likeness (QED) is 0.855. The zero-order chi connectivity index (χ0) is 11.8. The lowest BCUT2D eigenvalue weighted by atomic mass is 9.97. The molecule has 1 aromatic carbocycles. The third-order valence-electron chi connectivity index (χ3n) is 3.94. The molecule has 1 aliphatic heterocycles. The average molecular weight is 235 g/mol. The first kappa shape index (κ1) is 11.0. The SMILES string of the molecule is NC1CCC(CC2Cc3cc(F)ccc3O2)C1. The Morgan fingerprint density at radius 2 is 2.24 bits per heavy atom. The normalized spacial score (nSPS) is 31.3. The van der Waals surface area contributed by atoms with Crippen molar-refractivity contribution in [3.63, 3.8) is 0 Å². The van der Waals surface area contributed by atoms with Crippen molar-refractivity contribution < 1.29 is 9.13 Å². The van der Waals surface area contributed by atoms with Crippen LogP contribution >= 0.6 is 0 Å². The smallest absolute Gasteiger partial charge is 0.123 e. The molecule has 0 bridgehead atoms. The Balaban J connectivity index is 1.62. The van der Waals surface area contributed by atoms with Gasteiger partial charge < -0.3 is 10.5 Å². The summed E-state index contributed by atoms with van der Waals surface area (Å²) in [6.45, 7) is 0. The highest BCUT2D eigenvalue weighted by Crippen LogP contribution is 2.35. The maximum Gasteiger partial charge on any atom is 0.123 e. The molecule has 2 aliphatic rings. The van der Waals surface area contributed by atoms with Crippen molar-refractivity contribution in [2.24, 2.45) is 11.7 Å². The number of nitrogens with two attached hydrogens (primary N) is 1. The van der Waals surface area contributed by atoms with E-state index >= 15 is 0 Å². The van der Waals surface area contributed by atoms with Gasteiger partial charge in [0, 0.05) is 18.0 Å². The Hall–Kier alpha value is -1.09. The Labute approximate surface area is 101 Å². The van der Waals surface area contributed by atoms with Crippen molar-refractivity contribution in [1.82, 2.24) is 0 Å². The lowest BCUT2D eigenvalue weighted by Crippen LogP contribution is -2.19. The molecule has 3 atom stereocenters. The van der Waals surface area contributed by atoms with E-state index in [9.17, 15) is 4.39 Å². The Morgan fingerprint density at radius 3 is 3.00 bits per heavy atom. The molecule has 17 heavy (non-hydrogen) atoms. The van der Waals surface area contributed by atoms with Gasteiger partial charge in [0.05, 0.1) is 0 Å². The van der Waals surface area contributed by atoms with E-state index in [1.807, 2.05) is 0 Å². The third-order valence-corrected chi connectivity index (χ3v) is 3.94. The number of rotatable bonds is 2.